The topological polar surface area (TPSA) is 49.3 Å². The van der Waals surface area contributed by atoms with E-state index in [-0.39, 0.29) is 18.6 Å². The molecule has 0 aliphatic heterocycles. The summed E-state index contributed by atoms with van der Waals surface area (Å²) in [6.45, 7) is 3.24. The van der Waals surface area contributed by atoms with E-state index in [0.717, 1.165) is 5.56 Å². The number of aliphatic hydroxyl groups is 1. The largest absolute Gasteiger partial charge is 0.394 e. The molecule has 0 bridgehead atoms. The van der Waals surface area contributed by atoms with Gasteiger partial charge in [-0.2, -0.15) is 11.3 Å². The Morgan fingerprint density at radius 1 is 1.85 bits per heavy atom. The highest BCUT2D eigenvalue weighted by Gasteiger charge is 2.11. The summed E-state index contributed by atoms with van der Waals surface area (Å²) in [6, 6.07) is 1.55. The lowest BCUT2D eigenvalue weighted by atomic mass is 10.1. The molecule has 0 fully saturated rings. The number of amides is 1. The Kier molecular flexibility index (Phi) is 3.67. The van der Waals surface area contributed by atoms with Gasteiger partial charge in [0, 0.05) is 0 Å². The molecule has 3 nitrogen and oxygen atoms in total. The first kappa shape index (κ1) is 9.95. The minimum absolute atomic E-state index is 0.101. The second kappa shape index (κ2) is 4.79. The zero-order valence-corrected chi connectivity index (χ0v) is 7.88. The average molecular weight is 197 g/mol. The van der Waals surface area contributed by atoms with Gasteiger partial charge in [-0.3, -0.25) is 4.79 Å². The van der Waals surface area contributed by atoms with E-state index in [9.17, 15) is 4.79 Å². The summed E-state index contributed by atoms with van der Waals surface area (Å²) in [5.41, 5.74) is 0.919. The Balaban J connectivity index is 2.63. The lowest BCUT2D eigenvalue weighted by molar-refractivity contribution is -0.117. The Hall–Kier alpha value is -1.13. The molecule has 1 atom stereocenters. The Labute approximate surface area is 80.7 Å². The molecule has 70 valence electrons. The number of nitrogens with one attached hydrogen (secondary N) is 1. The Bertz CT molecular complexity index is 282. The lowest BCUT2D eigenvalue weighted by Crippen LogP contribution is -2.28. The summed E-state index contributed by atoms with van der Waals surface area (Å²) in [4.78, 5) is 10.9. The zero-order valence-electron chi connectivity index (χ0n) is 7.06. The maximum Gasteiger partial charge on any atom is 0.243 e. The van der Waals surface area contributed by atoms with Crippen LogP contribution in [0.5, 0.6) is 0 Å². The molecule has 2 N–H and O–H groups in total. The molecule has 0 aromatic carbocycles. The molecule has 0 saturated heterocycles. The van der Waals surface area contributed by atoms with E-state index in [2.05, 4.69) is 11.9 Å². The predicted molar refractivity (Wildman–Crippen MR) is 52.5 cm³/mol. The molecule has 0 spiro atoms. The molecular weight excluding hydrogens is 186 g/mol. The second-order valence-electron chi connectivity index (χ2n) is 2.50. The van der Waals surface area contributed by atoms with E-state index in [1.54, 1.807) is 0 Å². The number of aliphatic hydroxyl groups excluding tert-OH is 1. The maximum absolute atomic E-state index is 10.9. The fraction of sp³-hybridized carbons (Fsp3) is 0.222. The highest BCUT2D eigenvalue weighted by atomic mass is 32.1. The third kappa shape index (κ3) is 2.68. The fourth-order valence-electron chi connectivity index (χ4n) is 0.938. The molecule has 13 heavy (non-hydrogen) atoms. The van der Waals surface area contributed by atoms with Gasteiger partial charge in [-0.05, 0) is 28.5 Å². The van der Waals surface area contributed by atoms with E-state index < -0.39 is 0 Å². The van der Waals surface area contributed by atoms with Gasteiger partial charge in [0.05, 0.1) is 12.6 Å². The highest BCUT2D eigenvalue weighted by Crippen LogP contribution is 2.15. The lowest BCUT2D eigenvalue weighted by Gasteiger charge is -2.13. The molecule has 1 unspecified atom stereocenters. The van der Waals surface area contributed by atoms with Gasteiger partial charge in [-0.15, -0.1) is 0 Å². The van der Waals surface area contributed by atoms with Crippen molar-refractivity contribution >= 4 is 17.2 Å². The molecule has 4 heteroatoms. The van der Waals surface area contributed by atoms with Gasteiger partial charge in [-0.25, -0.2) is 0 Å². The fourth-order valence-corrected chi connectivity index (χ4v) is 1.65. The molecule has 1 aromatic rings. The molecule has 0 aliphatic rings. The first-order valence-electron chi connectivity index (χ1n) is 3.83. The van der Waals surface area contributed by atoms with Crippen molar-refractivity contribution in [2.75, 3.05) is 6.61 Å². The van der Waals surface area contributed by atoms with Crippen LogP contribution < -0.4 is 5.32 Å². The molecule has 1 aromatic heterocycles. The van der Waals surface area contributed by atoms with E-state index in [4.69, 9.17) is 5.11 Å². The third-order valence-electron chi connectivity index (χ3n) is 1.63. The monoisotopic (exact) mass is 197 g/mol. The van der Waals surface area contributed by atoms with Crippen LogP contribution in [0, 0.1) is 0 Å². The van der Waals surface area contributed by atoms with Gasteiger partial charge < -0.3 is 10.4 Å². The average Bonchev–Trinajstić information content (AvgIpc) is 2.66. The summed E-state index contributed by atoms with van der Waals surface area (Å²) >= 11 is 1.53. The van der Waals surface area contributed by atoms with Crippen LogP contribution >= 0.6 is 11.3 Å². The molecule has 1 rings (SSSR count). The minimum Gasteiger partial charge on any atom is -0.394 e. The smallest absolute Gasteiger partial charge is 0.243 e. The number of carbonyl (C=O) groups excluding carboxylic acids is 1. The van der Waals surface area contributed by atoms with E-state index in [1.165, 1.54) is 17.4 Å². The van der Waals surface area contributed by atoms with Crippen molar-refractivity contribution in [3.63, 3.8) is 0 Å². The van der Waals surface area contributed by atoms with E-state index >= 15 is 0 Å². The van der Waals surface area contributed by atoms with Gasteiger partial charge >= 0.3 is 0 Å². The molecule has 0 saturated carbocycles. The number of thiophene rings is 1. The van der Waals surface area contributed by atoms with Crippen LogP contribution in [0.25, 0.3) is 0 Å². The van der Waals surface area contributed by atoms with E-state index in [1.807, 2.05) is 16.8 Å². The normalized spacial score (nSPS) is 12.1. The van der Waals surface area contributed by atoms with Crippen LogP contribution in [-0.4, -0.2) is 17.6 Å². The van der Waals surface area contributed by atoms with Crippen molar-refractivity contribution < 1.29 is 9.90 Å². The van der Waals surface area contributed by atoms with Crippen LogP contribution in [0.4, 0.5) is 0 Å². The molecular formula is C9H11NO2S. The minimum atomic E-state index is -0.322. The number of carbonyl (C=O) groups is 1. The molecule has 1 amide bonds. The zero-order chi connectivity index (χ0) is 9.68. The third-order valence-corrected chi connectivity index (χ3v) is 2.33. The second-order valence-corrected chi connectivity index (χ2v) is 3.28. The molecule has 1 heterocycles. The van der Waals surface area contributed by atoms with E-state index in [0.29, 0.717) is 0 Å². The number of hydrogen-bond acceptors (Lipinski definition) is 3. The highest BCUT2D eigenvalue weighted by molar-refractivity contribution is 7.07. The van der Waals surface area contributed by atoms with Gasteiger partial charge in [0.15, 0.2) is 0 Å². The van der Waals surface area contributed by atoms with Crippen molar-refractivity contribution in [3.8, 4) is 0 Å². The van der Waals surface area contributed by atoms with Gasteiger partial charge in [-0.1, -0.05) is 6.58 Å². The van der Waals surface area contributed by atoms with Crippen molar-refractivity contribution in [3.05, 3.63) is 35.0 Å². The first-order valence-corrected chi connectivity index (χ1v) is 4.78. The van der Waals surface area contributed by atoms with Crippen molar-refractivity contribution in [2.45, 2.75) is 6.04 Å². The predicted octanol–water partition coefficient (Wildman–Crippen LogP) is 1.08. The van der Waals surface area contributed by atoms with Crippen molar-refractivity contribution in [1.82, 2.24) is 5.32 Å². The maximum atomic E-state index is 10.9. The Morgan fingerprint density at radius 2 is 2.62 bits per heavy atom. The summed E-state index contributed by atoms with van der Waals surface area (Å²) in [7, 11) is 0. The summed E-state index contributed by atoms with van der Waals surface area (Å²) < 4.78 is 0. The SMILES string of the molecule is C=CC(=O)NC(CO)c1ccsc1. The van der Waals surface area contributed by atoms with Crippen molar-refractivity contribution in [2.24, 2.45) is 0 Å². The van der Waals surface area contributed by atoms with Crippen molar-refractivity contribution in [1.29, 1.82) is 0 Å². The van der Waals surface area contributed by atoms with Gasteiger partial charge in [0.2, 0.25) is 5.91 Å². The summed E-state index contributed by atoms with van der Waals surface area (Å²) in [5, 5.41) is 15.4. The van der Waals surface area contributed by atoms with Crippen LogP contribution in [0.1, 0.15) is 11.6 Å². The van der Waals surface area contributed by atoms with Gasteiger partial charge in [0.25, 0.3) is 0 Å². The quantitative estimate of drug-likeness (QED) is 0.710. The number of hydrogen-bond donors (Lipinski definition) is 2. The summed E-state index contributed by atoms with van der Waals surface area (Å²) in [6.07, 6.45) is 1.19. The summed E-state index contributed by atoms with van der Waals surface area (Å²) in [5.74, 6) is -0.273. The number of rotatable bonds is 4. The van der Waals surface area contributed by atoms with Crippen LogP contribution in [0.15, 0.2) is 29.5 Å². The van der Waals surface area contributed by atoms with Gasteiger partial charge in [0.1, 0.15) is 0 Å². The van der Waals surface area contributed by atoms with Crippen LogP contribution in [0.2, 0.25) is 0 Å². The van der Waals surface area contributed by atoms with Crippen LogP contribution in [0.3, 0.4) is 0 Å². The standard InChI is InChI=1S/C9H11NO2S/c1-2-9(12)10-8(5-11)7-3-4-13-6-7/h2-4,6,8,11H,1,5H2,(H,10,12). The molecule has 0 aliphatic carbocycles. The Morgan fingerprint density at radius 3 is 3.08 bits per heavy atom. The first-order chi connectivity index (χ1) is 6.27. The molecule has 0 radical (unpaired) electrons. The van der Waals surface area contributed by atoms with Crippen LogP contribution in [-0.2, 0) is 4.79 Å².